The molecule has 0 spiro atoms. The van der Waals surface area contributed by atoms with Crippen LogP contribution < -0.4 is 10.6 Å². The van der Waals surface area contributed by atoms with E-state index < -0.39 is 13.1 Å². The number of hydrogen-bond donors (Lipinski definition) is 0. The van der Waals surface area contributed by atoms with Gasteiger partial charge in [0.1, 0.15) is 18.3 Å². The van der Waals surface area contributed by atoms with E-state index in [1.807, 2.05) is 103 Å². The number of rotatable bonds is 7. The van der Waals surface area contributed by atoms with Gasteiger partial charge in [0.05, 0.1) is 0 Å². The van der Waals surface area contributed by atoms with Crippen molar-refractivity contribution in [3.8, 4) is 0 Å². The highest BCUT2D eigenvalue weighted by molar-refractivity contribution is 7.93. The second-order valence-electron chi connectivity index (χ2n) is 7.35. The van der Waals surface area contributed by atoms with Gasteiger partial charge in [0, 0.05) is 10.6 Å². The molecule has 0 heterocycles. The van der Waals surface area contributed by atoms with Crippen LogP contribution in [0.25, 0.3) is 11.6 Å². The van der Waals surface area contributed by atoms with Crippen LogP contribution in [0.1, 0.15) is 17.0 Å². The lowest BCUT2D eigenvalue weighted by Crippen LogP contribution is -2.27. The van der Waals surface area contributed by atoms with Gasteiger partial charge in [-0.05, 0) is 23.3 Å². The summed E-state index contributed by atoms with van der Waals surface area (Å²) in [6.45, 7) is 4.05. The highest BCUT2D eigenvalue weighted by atomic mass is 31.2. The molecule has 0 aliphatic heterocycles. The summed E-state index contributed by atoms with van der Waals surface area (Å²) in [4.78, 5) is 3.70. The normalized spacial score (nSPS) is 15.0. The molecule has 1 aliphatic rings. The zero-order chi connectivity index (χ0) is 22.4. The van der Waals surface area contributed by atoms with E-state index in [0.717, 1.165) is 11.1 Å². The molecule has 5 heteroatoms. The van der Waals surface area contributed by atoms with E-state index in [1.54, 1.807) is 6.08 Å². The minimum atomic E-state index is -3.48. The minimum Gasteiger partial charge on any atom is -0.490 e. The van der Waals surface area contributed by atoms with E-state index in [4.69, 9.17) is 4.74 Å². The average Bonchev–Trinajstić information content (AvgIpc) is 3.04. The monoisotopic (exact) mass is 438 g/mol. The van der Waals surface area contributed by atoms with E-state index in [1.165, 1.54) is 0 Å². The molecule has 3 aromatic rings. The van der Waals surface area contributed by atoms with Crippen molar-refractivity contribution in [1.29, 1.82) is 0 Å². The van der Waals surface area contributed by atoms with Crippen LogP contribution in [0.5, 0.6) is 0 Å². The Morgan fingerprint density at radius 1 is 0.938 bits per heavy atom. The Kier molecular flexibility index (Phi) is 6.47. The van der Waals surface area contributed by atoms with Gasteiger partial charge in [-0.1, -0.05) is 104 Å². The molecule has 1 aliphatic carbocycles. The number of benzene rings is 3. The Balaban J connectivity index is 1.96. The number of ether oxygens (including phenoxy) is 1. The van der Waals surface area contributed by atoms with Gasteiger partial charge in [0.15, 0.2) is 0 Å². The van der Waals surface area contributed by atoms with Crippen molar-refractivity contribution < 1.29 is 14.1 Å². The molecule has 158 valence electrons. The summed E-state index contributed by atoms with van der Waals surface area (Å²) in [7, 11) is -3.48. The second kappa shape index (κ2) is 9.62. The molecule has 3 aromatic carbocycles. The van der Waals surface area contributed by atoms with Gasteiger partial charge in [-0.15, -0.1) is 0 Å². The predicted molar refractivity (Wildman–Crippen MR) is 131 cm³/mol. The Bertz CT molecular complexity index is 1230. The van der Waals surface area contributed by atoms with Gasteiger partial charge in [-0.2, -0.15) is 4.79 Å². The Morgan fingerprint density at radius 2 is 1.53 bits per heavy atom. The molecule has 1 unspecified atom stereocenters. The summed E-state index contributed by atoms with van der Waals surface area (Å²) in [6.07, 6.45) is 7.35. The van der Waals surface area contributed by atoms with Crippen molar-refractivity contribution >= 4 is 29.3 Å². The van der Waals surface area contributed by atoms with Crippen molar-refractivity contribution in [3.05, 3.63) is 132 Å². The first kappa shape index (κ1) is 21.5. The van der Waals surface area contributed by atoms with Gasteiger partial charge in [-0.25, -0.2) is 0 Å². The van der Waals surface area contributed by atoms with Crippen LogP contribution >= 0.6 is 7.14 Å². The highest BCUT2D eigenvalue weighted by Gasteiger charge is 2.45. The number of fused-ring (bicyclic) bond motifs is 1. The lowest BCUT2D eigenvalue weighted by atomic mass is 9.95. The van der Waals surface area contributed by atoms with Gasteiger partial charge in [-0.3, -0.25) is 0 Å². The summed E-state index contributed by atoms with van der Waals surface area (Å²) < 4.78 is 20.7. The van der Waals surface area contributed by atoms with Crippen molar-refractivity contribution in [2.24, 2.45) is 0 Å². The summed E-state index contributed by atoms with van der Waals surface area (Å²) in [5, 5.41) is 1.21. The Hall–Kier alpha value is -3.71. The van der Waals surface area contributed by atoms with Crippen LogP contribution in [-0.2, 0) is 9.30 Å². The van der Waals surface area contributed by atoms with Crippen molar-refractivity contribution in [2.75, 3.05) is 6.61 Å². The fourth-order valence-corrected chi connectivity index (χ4v) is 6.65. The maximum atomic E-state index is 14.9. The van der Waals surface area contributed by atoms with Crippen LogP contribution in [-0.4, -0.2) is 16.8 Å². The first-order valence-electron chi connectivity index (χ1n) is 10.3. The van der Waals surface area contributed by atoms with Crippen LogP contribution in [0.15, 0.2) is 115 Å². The maximum absolute atomic E-state index is 14.9. The van der Waals surface area contributed by atoms with E-state index in [0.29, 0.717) is 23.0 Å². The number of allylic oxidation sites excluding steroid dienone is 2. The molecule has 4 rings (SSSR count). The van der Waals surface area contributed by atoms with E-state index >= 15 is 0 Å². The first-order chi connectivity index (χ1) is 15.7. The molecule has 0 fully saturated rings. The largest absolute Gasteiger partial charge is 0.490 e. The topological polar surface area (TPSA) is 62.7 Å². The van der Waals surface area contributed by atoms with Crippen LogP contribution in [0.4, 0.5) is 0 Å². The molecular weight excluding hydrogens is 415 g/mol. The summed E-state index contributed by atoms with van der Waals surface area (Å²) in [6, 6.07) is 26.2. The standard InChI is InChI=1S/C27H23N2O2P/c1-2-19-31-22-18-17-21-11-9-10-16-25(21)26(20-22)27(29-28)32(30,23-12-5-3-6-13-23)24-14-7-4-8-15-24/h2-18,20,26H,1,19H2. The average molecular weight is 438 g/mol. The zero-order valence-electron chi connectivity index (χ0n) is 17.5. The smallest absolute Gasteiger partial charge is 0.344 e. The lowest BCUT2D eigenvalue weighted by Gasteiger charge is -2.20. The molecule has 0 saturated carbocycles. The third kappa shape index (κ3) is 4.07. The third-order valence-corrected chi connectivity index (χ3v) is 8.46. The van der Waals surface area contributed by atoms with Gasteiger partial charge in [0.25, 0.3) is 0 Å². The quantitative estimate of drug-likeness (QED) is 0.160. The van der Waals surface area contributed by atoms with Gasteiger partial charge in [0.2, 0.25) is 7.14 Å². The zero-order valence-corrected chi connectivity index (χ0v) is 18.4. The SMILES string of the molecule is C=CCOC1=CC(C(=[N+]=[N-])P(=O)(c2ccccc2)c2ccccc2)c2ccccc2C=C1. The van der Waals surface area contributed by atoms with Gasteiger partial charge >= 0.3 is 5.45 Å². The summed E-state index contributed by atoms with van der Waals surface area (Å²) in [5.41, 5.74) is 12.3. The lowest BCUT2D eigenvalue weighted by molar-refractivity contribution is -0.00384. The molecule has 0 saturated heterocycles. The molecule has 1 atom stereocenters. The molecule has 32 heavy (non-hydrogen) atoms. The molecule has 0 bridgehead atoms. The number of nitrogens with zero attached hydrogens (tertiary/aromatic N) is 2. The van der Waals surface area contributed by atoms with E-state index in [-0.39, 0.29) is 5.45 Å². The molecule has 0 aromatic heterocycles. The molecule has 4 nitrogen and oxygen atoms in total. The molecule has 0 radical (unpaired) electrons. The second-order valence-corrected chi connectivity index (χ2v) is 10.1. The van der Waals surface area contributed by atoms with Crippen LogP contribution in [0.2, 0.25) is 0 Å². The predicted octanol–water partition coefficient (Wildman–Crippen LogP) is 5.53. The van der Waals surface area contributed by atoms with Gasteiger partial charge < -0.3 is 14.8 Å². The van der Waals surface area contributed by atoms with Crippen LogP contribution in [0.3, 0.4) is 0 Å². The third-order valence-electron chi connectivity index (χ3n) is 5.40. The van der Waals surface area contributed by atoms with E-state index in [2.05, 4.69) is 11.4 Å². The fraction of sp³-hybridized carbons (Fsp3) is 0.0741. The van der Waals surface area contributed by atoms with E-state index in [9.17, 15) is 10.1 Å². The maximum Gasteiger partial charge on any atom is 0.344 e. The number of hydrogen-bond acceptors (Lipinski definition) is 2. The minimum absolute atomic E-state index is 0.186. The van der Waals surface area contributed by atoms with Crippen LogP contribution in [0, 0.1) is 0 Å². The Morgan fingerprint density at radius 3 is 2.12 bits per heavy atom. The first-order valence-corrected chi connectivity index (χ1v) is 12.1. The molecular formula is C27H23N2O2P. The fourth-order valence-electron chi connectivity index (χ4n) is 3.90. The van der Waals surface area contributed by atoms with Crippen molar-refractivity contribution in [1.82, 2.24) is 0 Å². The summed E-state index contributed by atoms with van der Waals surface area (Å²) in [5.74, 6) is 0.0391. The molecule has 0 N–H and O–H groups in total. The van der Waals surface area contributed by atoms with Crippen molar-refractivity contribution in [2.45, 2.75) is 5.92 Å². The summed E-state index contributed by atoms with van der Waals surface area (Å²) >= 11 is 0. The van der Waals surface area contributed by atoms with Crippen molar-refractivity contribution in [3.63, 3.8) is 0 Å². The highest BCUT2D eigenvalue weighted by Crippen LogP contribution is 2.50. The molecule has 0 amide bonds. The Labute approximate surface area is 188 Å².